The molecule has 0 aliphatic rings. The molecule has 21 heavy (non-hydrogen) atoms. The van der Waals surface area contributed by atoms with E-state index in [1.54, 1.807) is 14.2 Å². The first kappa shape index (κ1) is 17.8. The number of nitrogens with one attached hydrogen (secondary N) is 1. The van der Waals surface area contributed by atoms with Crippen molar-refractivity contribution in [1.29, 1.82) is 0 Å². The molecule has 1 aromatic carbocycles. The van der Waals surface area contributed by atoms with Crippen molar-refractivity contribution in [3.05, 3.63) is 23.8 Å². The molecular formula is C18H31NO2. The largest absolute Gasteiger partial charge is 0.497 e. The highest BCUT2D eigenvalue weighted by Gasteiger charge is 2.21. The second-order valence-electron chi connectivity index (χ2n) is 7.45. The highest BCUT2D eigenvalue weighted by Crippen LogP contribution is 2.29. The lowest BCUT2D eigenvalue weighted by Gasteiger charge is -2.30. The normalized spacial score (nSPS) is 12.3. The number of hydrogen-bond acceptors (Lipinski definition) is 3. The van der Waals surface area contributed by atoms with Gasteiger partial charge < -0.3 is 14.8 Å². The minimum absolute atomic E-state index is 0.158. The fraction of sp³-hybridized carbons (Fsp3) is 0.667. The van der Waals surface area contributed by atoms with Gasteiger partial charge in [-0.2, -0.15) is 0 Å². The molecule has 0 aliphatic heterocycles. The second-order valence-corrected chi connectivity index (χ2v) is 7.45. The van der Waals surface area contributed by atoms with Crippen LogP contribution in [0.1, 0.15) is 46.6 Å². The third-order valence-corrected chi connectivity index (χ3v) is 3.66. The Hall–Kier alpha value is -1.22. The summed E-state index contributed by atoms with van der Waals surface area (Å²) in [6, 6.07) is 6.00. The minimum Gasteiger partial charge on any atom is -0.497 e. The Morgan fingerprint density at radius 3 is 2.19 bits per heavy atom. The van der Waals surface area contributed by atoms with Crippen molar-refractivity contribution in [2.24, 2.45) is 5.41 Å². The van der Waals surface area contributed by atoms with Gasteiger partial charge in [-0.3, -0.25) is 0 Å². The van der Waals surface area contributed by atoms with E-state index in [9.17, 15) is 0 Å². The van der Waals surface area contributed by atoms with Gasteiger partial charge in [0.25, 0.3) is 0 Å². The molecular weight excluding hydrogens is 262 g/mol. The number of ether oxygens (including phenoxy) is 2. The summed E-state index contributed by atoms with van der Waals surface area (Å²) in [6.07, 6.45) is 2.08. The maximum absolute atomic E-state index is 5.45. The van der Waals surface area contributed by atoms with Gasteiger partial charge in [-0.1, -0.05) is 13.8 Å². The first-order valence-electron chi connectivity index (χ1n) is 7.63. The molecule has 0 saturated heterocycles. The summed E-state index contributed by atoms with van der Waals surface area (Å²) in [4.78, 5) is 0. The van der Waals surface area contributed by atoms with Gasteiger partial charge in [0.1, 0.15) is 11.5 Å². The zero-order valence-corrected chi connectivity index (χ0v) is 14.7. The Bertz CT molecular complexity index is 447. The summed E-state index contributed by atoms with van der Waals surface area (Å²) in [5.74, 6) is 1.83. The molecule has 0 unspecified atom stereocenters. The van der Waals surface area contributed by atoms with Gasteiger partial charge >= 0.3 is 0 Å². The summed E-state index contributed by atoms with van der Waals surface area (Å²) in [7, 11) is 3.42. The third kappa shape index (κ3) is 6.38. The van der Waals surface area contributed by atoms with Crippen LogP contribution in [0.5, 0.6) is 11.5 Å². The van der Waals surface area contributed by atoms with Gasteiger partial charge in [-0.25, -0.2) is 0 Å². The van der Waals surface area contributed by atoms with Crippen molar-refractivity contribution in [2.45, 2.75) is 53.0 Å². The first-order chi connectivity index (χ1) is 9.67. The number of hydrogen-bond donors (Lipinski definition) is 1. The molecule has 0 amide bonds. The second kappa shape index (κ2) is 7.17. The van der Waals surface area contributed by atoms with Crippen molar-refractivity contribution in [3.8, 4) is 11.5 Å². The van der Waals surface area contributed by atoms with E-state index in [0.29, 0.717) is 0 Å². The number of benzene rings is 1. The van der Waals surface area contributed by atoms with Crippen molar-refractivity contribution >= 4 is 0 Å². The van der Waals surface area contributed by atoms with Crippen LogP contribution in [-0.4, -0.2) is 26.3 Å². The lowest BCUT2D eigenvalue weighted by atomic mass is 9.85. The predicted octanol–water partition coefficient (Wildman–Crippen LogP) is 4.05. The van der Waals surface area contributed by atoms with Crippen LogP contribution >= 0.6 is 0 Å². The van der Waals surface area contributed by atoms with Crippen molar-refractivity contribution < 1.29 is 9.47 Å². The molecule has 1 N–H and O–H groups in total. The summed E-state index contributed by atoms with van der Waals surface area (Å²) in [5, 5.41) is 3.59. The predicted molar refractivity (Wildman–Crippen MR) is 89.4 cm³/mol. The molecule has 0 aliphatic carbocycles. The fourth-order valence-corrected chi connectivity index (χ4v) is 2.14. The van der Waals surface area contributed by atoms with Crippen LogP contribution in [0.2, 0.25) is 0 Å². The molecule has 3 heteroatoms. The van der Waals surface area contributed by atoms with Crippen LogP contribution in [0, 0.1) is 5.41 Å². The van der Waals surface area contributed by atoms with E-state index in [0.717, 1.165) is 30.9 Å². The Morgan fingerprint density at radius 1 is 1.00 bits per heavy atom. The molecule has 0 atom stereocenters. The molecule has 1 rings (SSSR count). The lowest BCUT2D eigenvalue weighted by molar-refractivity contribution is 0.272. The molecule has 120 valence electrons. The minimum atomic E-state index is 0.158. The van der Waals surface area contributed by atoms with E-state index in [1.165, 1.54) is 5.56 Å². The molecule has 0 radical (unpaired) electrons. The highest BCUT2D eigenvalue weighted by atomic mass is 16.5. The van der Waals surface area contributed by atoms with E-state index in [4.69, 9.17) is 9.47 Å². The average Bonchev–Trinajstić information content (AvgIpc) is 2.42. The Kier molecular flexibility index (Phi) is 6.09. The zero-order valence-electron chi connectivity index (χ0n) is 14.7. The fourth-order valence-electron chi connectivity index (χ4n) is 2.14. The van der Waals surface area contributed by atoms with Gasteiger partial charge in [-0.05, 0) is 62.8 Å². The molecule has 0 aromatic heterocycles. The number of rotatable bonds is 7. The standard InChI is InChI=1S/C18H31NO2/c1-17(2,3)19-13-18(4,5)11-10-14-12-15(20-6)8-9-16(14)21-7/h8-9,12,19H,10-11,13H2,1-7H3. The van der Waals surface area contributed by atoms with E-state index in [1.807, 2.05) is 12.1 Å². The van der Waals surface area contributed by atoms with Gasteiger partial charge in [0.2, 0.25) is 0 Å². The smallest absolute Gasteiger partial charge is 0.122 e. The van der Waals surface area contributed by atoms with Crippen LogP contribution in [0.3, 0.4) is 0 Å². The van der Waals surface area contributed by atoms with Crippen LogP contribution in [0.15, 0.2) is 18.2 Å². The number of aryl methyl sites for hydroxylation is 1. The van der Waals surface area contributed by atoms with Crippen molar-refractivity contribution in [1.82, 2.24) is 5.32 Å². The topological polar surface area (TPSA) is 30.5 Å². The van der Waals surface area contributed by atoms with E-state index < -0.39 is 0 Å². The van der Waals surface area contributed by atoms with Crippen molar-refractivity contribution in [3.63, 3.8) is 0 Å². The van der Waals surface area contributed by atoms with Crippen LogP contribution in [-0.2, 0) is 6.42 Å². The van der Waals surface area contributed by atoms with Gasteiger partial charge in [-0.15, -0.1) is 0 Å². The quantitative estimate of drug-likeness (QED) is 0.822. The van der Waals surface area contributed by atoms with Crippen LogP contribution < -0.4 is 14.8 Å². The Morgan fingerprint density at radius 2 is 1.67 bits per heavy atom. The van der Waals surface area contributed by atoms with Crippen LogP contribution in [0.4, 0.5) is 0 Å². The van der Waals surface area contributed by atoms with E-state index >= 15 is 0 Å². The maximum Gasteiger partial charge on any atom is 0.122 e. The van der Waals surface area contributed by atoms with Gasteiger partial charge in [0.15, 0.2) is 0 Å². The van der Waals surface area contributed by atoms with E-state index in [-0.39, 0.29) is 11.0 Å². The molecule has 3 nitrogen and oxygen atoms in total. The monoisotopic (exact) mass is 293 g/mol. The molecule has 0 saturated carbocycles. The van der Waals surface area contributed by atoms with Crippen LogP contribution in [0.25, 0.3) is 0 Å². The zero-order chi connectivity index (χ0) is 16.1. The first-order valence-corrected chi connectivity index (χ1v) is 7.63. The summed E-state index contributed by atoms with van der Waals surface area (Å²) in [5.41, 5.74) is 1.60. The summed E-state index contributed by atoms with van der Waals surface area (Å²) >= 11 is 0. The van der Waals surface area contributed by atoms with Gasteiger partial charge in [0.05, 0.1) is 14.2 Å². The molecule has 0 spiro atoms. The Labute approximate surface area is 130 Å². The lowest BCUT2D eigenvalue weighted by Crippen LogP contribution is -2.42. The van der Waals surface area contributed by atoms with E-state index in [2.05, 4.69) is 46.0 Å². The summed E-state index contributed by atoms with van der Waals surface area (Å²) < 4.78 is 10.8. The van der Waals surface area contributed by atoms with Crippen molar-refractivity contribution in [2.75, 3.05) is 20.8 Å². The SMILES string of the molecule is COc1ccc(OC)c(CCC(C)(C)CNC(C)(C)C)c1. The maximum atomic E-state index is 5.45. The third-order valence-electron chi connectivity index (χ3n) is 3.66. The Balaban J connectivity index is 2.68. The number of methoxy groups -OCH3 is 2. The summed E-state index contributed by atoms with van der Waals surface area (Å²) in [6.45, 7) is 12.2. The van der Waals surface area contributed by atoms with Gasteiger partial charge in [0, 0.05) is 12.1 Å². The molecule has 1 aromatic rings. The molecule has 0 heterocycles. The average molecular weight is 293 g/mol. The molecule has 0 bridgehead atoms. The molecule has 0 fully saturated rings. The highest BCUT2D eigenvalue weighted by molar-refractivity contribution is 5.40.